The number of halogens is 2. The molecule has 1 heterocycles. The molecule has 0 aliphatic rings. The van der Waals surface area contributed by atoms with Crippen LogP contribution in [0.15, 0.2) is 36.4 Å². The second-order valence-electron chi connectivity index (χ2n) is 7.14. The Morgan fingerprint density at radius 3 is 2.57 bits per heavy atom. The fourth-order valence-electron chi connectivity index (χ4n) is 3.42. The number of H-pyrrole nitrogens is 1. The van der Waals surface area contributed by atoms with Gasteiger partial charge in [0, 0.05) is 30.6 Å². The van der Waals surface area contributed by atoms with E-state index in [0.29, 0.717) is 24.0 Å². The molecule has 3 N–H and O–H groups in total. The number of aromatic nitrogens is 1. The molecular formula is C23H23F2N3O2. The monoisotopic (exact) mass is 411 g/mol. The first-order valence-electron chi connectivity index (χ1n) is 9.55. The minimum absolute atomic E-state index is 0.0879. The van der Waals surface area contributed by atoms with Gasteiger partial charge in [-0.3, -0.25) is 9.59 Å². The Kier molecular flexibility index (Phi) is 6.30. The molecule has 0 fully saturated rings. The van der Waals surface area contributed by atoms with Gasteiger partial charge in [0.1, 0.15) is 11.6 Å². The van der Waals surface area contributed by atoms with E-state index < -0.39 is 5.82 Å². The largest absolute Gasteiger partial charge is 0.356 e. The zero-order valence-electron chi connectivity index (χ0n) is 17.0. The van der Waals surface area contributed by atoms with Gasteiger partial charge >= 0.3 is 0 Å². The zero-order valence-corrected chi connectivity index (χ0v) is 17.0. The van der Waals surface area contributed by atoms with E-state index in [-0.39, 0.29) is 23.3 Å². The van der Waals surface area contributed by atoms with Gasteiger partial charge in [-0.2, -0.15) is 0 Å². The van der Waals surface area contributed by atoms with Gasteiger partial charge < -0.3 is 15.6 Å². The molecule has 0 saturated carbocycles. The third-order valence-corrected chi connectivity index (χ3v) is 4.83. The van der Waals surface area contributed by atoms with Crippen molar-refractivity contribution < 1.29 is 18.4 Å². The molecule has 0 spiro atoms. The Labute approximate surface area is 173 Å². The second-order valence-corrected chi connectivity index (χ2v) is 7.14. The lowest BCUT2D eigenvalue weighted by Gasteiger charge is -2.06. The van der Waals surface area contributed by atoms with Crippen molar-refractivity contribution in [2.24, 2.45) is 0 Å². The third kappa shape index (κ3) is 4.74. The van der Waals surface area contributed by atoms with Crippen molar-refractivity contribution in [2.45, 2.75) is 27.2 Å². The van der Waals surface area contributed by atoms with E-state index in [0.717, 1.165) is 22.2 Å². The van der Waals surface area contributed by atoms with Gasteiger partial charge in [-0.15, -0.1) is 0 Å². The van der Waals surface area contributed by atoms with E-state index in [4.69, 9.17) is 0 Å². The van der Waals surface area contributed by atoms with Gasteiger partial charge in [-0.1, -0.05) is 12.1 Å². The van der Waals surface area contributed by atoms with Crippen molar-refractivity contribution in [3.8, 4) is 0 Å². The number of benzene rings is 2. The summed E-state index contributed by atoms with van der Waals surface area (Å²) in [6, 6.07) is 7.46. The molecule has 1 aromatic heterocycles. The molecule has 0 aliphatic carbocycles. The normalized spacial score (nSPS) is 11.2. The molecule has 156 valence electrons. The maximum absolute atomic E-state index is 14.0. The van der Waals surface area contributed by atoms with Crippen molar-refractivity contribution in [2.75, 3.05) is 11.9 Å². The van der Waals surface area contributed by atoms with E-state index in [9.17, 15) is 18.4 Å². The highest BCUT2D eigenvalue weighted by Gasteiger charge is 2.13. The molecule has 2 amide bonds. The smallest absolute Gasteiger partial charge is 0.244 e. The standard InChI is InChI=1S/C23H23F2N3O2/c1-13-4-7-18(24)23-22(13)17(14(2)27-23)10-11-26-21(30)9-6-16-5-8-20(19(25)12-16)28-15(3)29/h4-9,12,27H,10-11H2,1-3H3,(H,26,30)(H,28,29). The van der Waals surface area contributed by atoms with Crippen LogP contribution in [0.25, 0.3) is 17.0 Å². The summed E-state index contributed by atoms with van der Waals surface area (Å²) in [5.41, 5.74) is 3.89. The Morgan fingerprint density at radius 2 is 1.87 bits per heavy atom. The van der Waals surface area contributed by atoms with Crippen LogP contribution in [0.1, 0.15) is 29.3 Å². The molecule has 3 aromatic rings. The average Bonchev–Trinajstić information content (AvgIpc) is 3.02. The molecular weight excluding hydrogens is 388 g/mol. The van der Waals surface area contributed by atoms with Gasteiger partial charge in [0.05, 0.1) is 11.2 Å². The van der Waals surface area contributed by atoms with Gasteiger partial charge in [0.15, 0.2) is 0 Å². The highest BCUT2D eigenvalue weighted by atomic mass is 19.1. The number of carbonyl (C=O) groups is 2. The van der Waals surface area contributed by atoms with Crippen LogP contribution in [0.4, 0.5) is 14.5 Å². The van der Waals surface area contributed by atoms with Crippen LogP contribution in [-0.4, -0.2) is 23.3 Å². The number of fused-ring (bicyclic) bond motifs is 1. The molecule has 2 aromatic carbocycles. The molecule has 0 aliphatic heterocycles. The Morgan fingerprint density at radius 1 is 1.10 bits per heavy atom. The first kappa shape index (κ1) is 21.2. The SMILES string of the molecule is CC(=O)Nc1ccc(C=CC(=O)NCCc2c(C)[nH]c3c(F)ccc(C)c23)cc1F. The average molecular weight is 411 g/mol. The van der Waals surface area contributed by atoms with Gasteiger partial charge in [-0.25, -0.2) is 8.78 Å². The van der Waals surface area contributed by atoms with Crippen LogP contribution in [0.3, 0.4) is 0 Å². The number of hydrogen-bond acceptors (Lipinski definition) is 2. The van der Waals surface area contributed by atoms with Crippen LogP contribution >= 0.6 is 0 Å². The minimum atomic E-state index is -0.579. The number of rotatable bonds is 6. The van der Waals surface area contributed by atoms with Crippen molar-refractivity contribution in [1.29, 1.82) is 0 Å². The van der Waals surface area contributed by atoms with Crippen LogP contribution < -0.4 is 10.6 Å². The number of aromatic amines is 1. The van der Waals surface area contributed by atoms with E-state index in [1.807, 2.05) is 13.8 Å². The number of anilines is 1. The summed E-state index contributed by atoms with van der Waals surface area (Å²) in [6.07, 6.45) is 3.36. The fourth-order valence-corrected chi connectivity index (χ4v) is 3.42. The molecule has 3 rings (SSSR count). The van der Waals surface area contributed by atoms with E-state index in [2.05, 4.69) is 15.6 Å². The van der Waals surface area contributed by atoms with Crippen LogP contribution in [0, 0.1) is 25.5 Å². The summed E-state index contributed by atoms with van der Waals surface area (Å²) in [5, 5.41) is 6.03. The Balaban J connectivity index is 1.61. The van der Waals surface area contributed by atoms with Crippen molar-refractivity contribution in [1.82, 2.24) is 10.3 Å². The Bertz CT molecular complexity index is 1150. The van der Waals surface area contributed by atoms with Crippen LogP contribution in [0.5, 0.6) is 0 Å². The summed E-state index contributed by atoms with van der Waals surface area (Å²) in [4.78, 5) is 26.2. The first-order valence-corrected chi connectivity index (χ1v) is 9.55. The molecule has 0 unspecified atom stereocenters. The quantitative estimate of drug-likeness (QED) is 0.526. The number of amides is 2. The third-order valence-electron chi connectivity index (χ3n) is 4.83. The highest BCUT2D eigenvalue weighted by Crippen LogP contribution is 2.27. The van der Waals surface area contributed by atoms with E-state index in [1.165, 1.54) is 37.3 Å². The number of nitrogens with one attached hydrogen (secondary N) is 3. The summed E-state index contributed by atoms with van der Waals surface area (Å²) < 4.78 is 28.0. The van der Waals surface area contributed by atoms with Crippen molar-refractivity contribution >= 4 is 34.5 Å². The van der Waals surface area contributed by atoms with Crippen LogP contribution in [-0.2, 0) is 16.0 Å². The maximum atomic E-state index is 14.0. The lowest BCUT2D eigenvalue weighted by Crippen LogP contribution is -2.23. The highest BCUT2D eigenvalue weighted by molar-refractivity contribution is 5.92. The first-order chi connectivity index (χ1) is 14.3. The number of aryl methyl sites for hydroxylation is 2. The summed E-state index contributed by atoms with van der Waals surface area (Å²) in [6.45, 7) is 5.49. The predicted octanol–water partition coefficient (Wildman–Crippen LogP) is 4.39. The van der Waals surface area contributed by atoms with E-state index in [1.54, 1.807) is 12.1 Å². The van der Waals surface area contributed by atoms with Crippen molar-refractivity contribution in [3.63, 3.8) is 0 Å². The minimum Gasteiger partial charge on any atom is -0.356 e. The molecule has 0 bridgehead atoms. The molecule has 7 heteroatoms. The zero-order chi connectivity index (χ0) is 21.8. The number of hydrogen-bond donors (Lipinski definition) is 3. The maximum Gasteiger partial charge on any atom is 0.244 e. The predicted molar refractivity (Wildman–Crippen MR) is 114 cm³/mol. The molecule has 0 saturated heterocycles. The molecule has 0 atom stereocenters. The lowest BCUT2D eigenvalue weighted by molar-refractivity contribution is -0.116. The van der Waals surface area contributed by atoms with Gasteiger partial charge in [0.25, 0.3) is 0 Å². The van der Waals surface area contributed by atoms with Crippen molar-refractivity contribution in [3.05, 3.63) is 70.4 Å². The fraction of sp³-hybridized carbons (Fsp3) is 0.217. The Hall–Kier alpha value is -3.48. The van der Waals surface area contributed by atoms with Gasteiger partial charge in [-0.05, 0) is 61.2 Å². The van der Waals surface area contributed by atoms with Gasteiger partial charge in [0.2, 0.25) is 11.8 Å². The summed E-state index contributed by atoms with van der Waals surface area (Å²) >= 11 is 0. The van der Waals surface area contributed by atoms with Crippen LogP contribution in [0.2, 0.25) is 0 Å². The van der Waals surface area contributed by atoms with E-state index >= 15 is 0 Å². The summed E-state index contributed by atoms with van der Waals surface area (Å²) in [7, 11) is 0. The lowest BCUT2D eigenvalue weighted by atomic mass is 10.0. The second kappa shape index (κ2) is 8.90. The molecule has 30 heavy (non-hydrogen) atoms. The number of carbonyl (C=O) groups excluding carboxylic acids is 2. The molecule has 5 nitrogen and oxygen atoms in total. The topological polar surface area (TPSA) is 74.0 Å². The molecule has 0 radical (unpaired) electrons. The summed E-state index contributed by atoms with van der Waals surface area (Å²) in [5.74, 6) is -1.56.